The Morgan fingerprint density at radius 2 is 0.866 bits per heavy atom. The number of amides is 8. The standard InChI is InChI=1S/C51H101N7O5.C22H33N5O6S/c1-4-6-8-10-12-14-16-18-20-22-24-26-28-39-47(59)55-43-35-32-38-45(56-48(60)40-29-27-25-23-21-19-17-15-13-11-9-7-5-2)50(62)58-46(37-31-34-42-53)51(63)57-44(49(61)54-3)36-30-33-41-52;1-14(21(23)30)6-4-5-13-24-19(28)11-12-20(29)25-17-7-9-18(10-8-17)34(31,32)27-22-15(2)16(3)26-33-22/h44-46H,4-43,52-53H2,1-3H3,(H,54,61)(H,55,59)(H,56,60)(H,57,63)(H,58,62);7-10,14,16,26-27H,4-6,11-13H2,1-3H3,(H2,23,30)(H,24,28)(H,25,29). The highest BCUT2D eigenvalue weighted by atomic mass is 32.2. The van der Waals surface area contributed by atoms with Gasteiger partial charge in [0.15, 0.2) is 0 Å². The first-order chi connectivity index (χ1) is 46.7. The summed E-state index contributed by atoms with van der Waals surface area (Å²) < 4.78 is 27.5. The van der Waals surface area contributed by atoms with Gasteiger partial charge in [0.05, 0.1) is 10.9 Å². The summed E-state index contributed by atoms with van der Waals surface area (Å²) in [5.41, 5.74) is 20.4. The highest BCUT2D eigenvalue weighted by molar-refractivity contribution is 7.89. The number of nitrogens with two attached hydrogens (primary N) is 3. The van der Waals surface area contributed by atoms with Crippen LogP contribution in [0.5, 0.6) is 0 Å². The van der Waals surface area contributed by atoms with Crippen LogP contribution in [0.2, 0.25) is 0 Å². The first kappa shape index (κ1) is 89.2. The van der Waals surface area contributed by atoms with Crippen LogP contribution in [0.4, 0.5) is 5.69 Å². The van der Waals surface area contributed by atoms with Crippen molar-refractivity contribution in [3.63, 3.8) is 0 Å². The summed E-state index contributed by atoms with van der Waals surface area (Å²) >= 11 is 0. The Morgan fingerprint density at radius 1 is 0.485 bits per heavy atom. The smallest absolute Gasteiger partial charge is 0.264 e. The SMILES string of the molecule is CC1=C(NS(=O)(=O)c2ccc(NC(=O)CCC(=O)NCCCCC(C)C(N)=O)cc2)ONC1C.CCCCCCCCCCCCCCCC(=O)NCCCCC(NC(=O)CCCCCCCCCCCCCCC)C(=O)NC(CCCCN)C(=O)NC(CCCCN)C(=O)NC. The lowest BCUT2D eigenvalue weighted by molar-refractivity contribution is -0.134. The molecule has 1 heterocycles. The van der Waals surface area contributed by atoms with Crippen LogP contribution in [-0.2, 0) is 53.2 Å². The fraction of sp³-hybridized carbons (Fsp3) is 0.781. The summed E-state index contributed by atoms with van der Waals surface area (Å²) in [5.74, 6) is -2.26. The minimum atomic E-state index is -3.85. The Labute approximate surface area is 584 Å². The summed E-state index contributed by atoms with van der Waals surface area (Å²) in [6, 6.07) is 3.10. The third kappa shape index (κ3) is 46.2. The molecule has 5 unspecified atom stereocenters. The minimum Gasteiger partial charge on any atom is -0.389 e. The molecule has 8 amide bonds. The quantitative estimate of drug-likeness (QED) is 0.0270. The highest BCUT2D eigenvalue weighted by Crippen LogP contribution is 2.21. The van der Waals surface area contributed by atoms with E-state index >= 15 is 0 Å². The van der Waals surface area contributed by atoms with Crippen molar-refractivity contribution >= 4 is 63.0 Å². The number of carbonyl (C=O) groups excluding carboxylic acids is 8. The average molecular weight is 1390 g/mol. The fourth-order valence-corrected chi connectivity index (χ4v) is 12.2. The van der Waals surface area contributed by atoms with Crippen molar-refractivity contribution in [1.29, 1.82) is 0 Å². The Morgan fingerprint density at radius 3 is 1.28 bits per heavy atom. The van der Waals surface area contributed by atoms with Crippen LogP contribution in [0, 0.1) is 5.92 Å². The van der Waals surface area contributed by atoms with Crippen LogP contribution in [0.1, 0.15) is 304 Å². The second kappa shape index (κ2) is 58.0. The van der Waals surface area contributed by atoms with Gasteiger partial charge in [-0.25, -0.2) is 13.1 Å². The molecule has 24 heteroatoms. The summed E-state index contributed by atoms with van der Waals surface area (Å²) in [6.45, 7) is 11.8. The number of unbranched alkanes of at least 4 members (excludes halogenated alkanes) is 28. The van der Waals surface area contributed by atoms with Gasteiger partial charge < -0.3 is 59.3 Å². The van der Waals surface area contributed by atoms with Gasteiger partial charge in [-0.2, -0.15) is 0 Å². The number of likely N-dealkylation sites (N-methyl/N-ethyl adjacent to an activating group) is 1. The summed E-state index contributed by atoms with van der Waals surface area (Å²) in [7, 11) is -2.32. The zero-order chi connectivity index (χ0) is 71.7. The number of hydrogen-bond donors (Lipinski definition) is 12. The van der Waals surface area contributed by atoms with E-state index in [0.29, 0.717) is 102 Å². The molecule has 1 aromatic carbocycles. The number of anilines is 1. The van der Waals surface area contributed by atoms with Gasteiger partial charge in [0.2, 0.25) is 53.1 Å². The molecule has 97 heavy (non-hydrogen) atoms. The molecule has 0 saturated heterocycles. The molecule has 0 radical (unpaired) electrons. The monoisotopic (exact) mass is 1390 g/mol. The van der Waals surface area contributed by atoms with Gasteiger partial charge in [0.25, 0.3) is 10.0 Å². The van der Waals surface area contributed by atoms with E-state index in [4.69, 9.17) is 22.0 Å². The fourth-order valence-electron chi connectivity index (χ4n) is 11.2. The number of hydroxylamine groups is 1. The van der Waals surface area contributed by atoms with Crippen molar-refractivity contribution in [2.45, 2.75) is 333 Å². The van der Waals surface area contributed by atoms with E-state index in [2.05, 4.69) is 61.3 Å². The summed E-state index contributed by atoms with van der Waals surface area (Å²) in [6.07, 6.45) is 40.5. The molecule has 1 aliphatic heterocycles. The molecule has 15 N–H and O–H groups in total. The number of nitrogens with one attached hydrogen (secondary N) is 9. The molecule has 0 aliphatic carbocycles. The Balaban J connectivity index is 0.00000115. The van der Waals surface area contributed by atoms with Crippen molar-refractivity contribution in [2.24, 2.45) is 23.1 Å². The largest absolute Gasteiger partial charge is 0.389 e. The van der Waals surface area contributed by atoms with E-state index in [1.54, 1.807) is 13.8 Å². The van der Waals surface area contributed by atoms with Crippen molar-refractivity contribution < 1.29 is 51.6 Å². The van der Waals surface area contributed by atoms with Crippen molar-refractivity contribution in [2.75, 3.05) is 38.5 Å². The lowest BCUT2D eigenvalue weighted by Crippen LogP contribution is -2.56. The van der Waals surface area contributed by atoms with Gasteiger partial charge in [-0.1, -0.05) is 181 Å². The molecule has 5 atom stereocenters. The Hall–Kier alpha value is -5.85. The second-order valence-electron chi connectivity index (χ2n) is 26.5. The second-order valence-corrected chi connectivity index (χ2v) is 28.2. The predicted molar refractivity (Wildman–Crippen MR) is 389 cm³/mol. The number of primary amides is 1. The zero-order valence-electron chi connectivity index (χ0n) is 60.9. The highest BCUT2D eigenvalue weighted by Gasteiger charge is 2.30. The third-order valence-electron chi connectivity index (χ3n) is 17.8. The summed E-state index contributed by atoms with van der Waals surface area (Å²) in [4.78, 5) is 106. The van der Waals surface area contributed by atoms with Crippen molar-refractivity contribution in [1.82, 2.24) is 42.1 Å². The van der Waals surface area contributed by atoms with E-state index in [0.717, 1.165) is 56.9 Å². The first-order valence-electron chi connectivity index (χ1n) is 37.6. The van der Waals surface area contributed by atoms with Crippen LogP contribution < -0.4 is 64.6 Å². The summed E-state index contributed by atoms with van der Waals surface area (Å²) in [5, 5.41) is 19.8. The van der Waals surface area contributed by atoms with Gasteiger partial charge in [-0.3, -0.25) is 38.4 Å². The van der Waals surface area contributed by atoms with E-state index in [9.17, 15) is 46.8 Å². The molecular weight excluding hydrogens is 1250 g/mol. The van der Waals surface area contributed by atoms with Gasteiger partial charge in [0, 0.05) is 63.0 Å². The van der Waals surface area contributed by atoms with Gasteiger partial charge >= 0.3 is 0 Å². The Bertz CT molecular complexity index is 2470. The zero-order valence-corrected chi connectivity index (χ0v) is 61.7. The molecule has 0 saturated carbocycles. The molecule has 0 bridgehead atoms. The number of hydrogen-bond acceptors (Lipinski definition) is 14. The van der Waals surface area contributed by atoms with Crippen molar-refractivity contribution in [3.8, 4) is 0 Å². The van der Waals surface area contributed by atoms with E-state index in [1.165, 1.54) is 166 Å². The van der Waals surface area contributed by atoms with E-state index in [1.807, 2.05) is 6.92 Å². The third-order valence-corrected chi connectivity index (χ3v) is 19.1. The Kier molecular flexibility index (Phi) is 53.3. The number of rotatable bonds is 60. The van der Waals surface area contributed by atoms with Gasteiger partial charge in [0.1, 0.15) is 18.1 Å². The minimum absolute atomic E-state index is 0.0118. The normalized spacial score (nSPS) is 14.0. The molecule has 0 spiro atoms. The van der Waals surface area contributed by atoms with Crippen LogP contribution in [0.3, 0.4) is 0 Å². The molecule has 1 aromatic rings. The number of carbonyl (C=O) groups is 8. The average Bonchev–Trinajstić information content (AvgIpc) is 1.80. The maximum absolute atomic E-state index is 13.9. The van der Waals surface area contributed by atoms with Crippen LogP contribution in [0.15, 0.2) is 40.6 Å². The molecular formula is C73H134N12O11S. The van der Waals surface area contributed by atoms with Crippen LogP contribution in [-0.4, -0.2) is 113 Å². The maximum atomic E-state index is 13.9. The molecule has 0 fully saturated rings. The maximum Gasteiger partial charge on any atom is 0.264 e. The predicted octanol–water partition coefficient (Wildman–Crippen LogP) is 10.9. The number of benzene rings is 1. The molecule has 558 valence electrons. The van der Waals surface area contributed by atoms with E-state index < -0.39 is 40.0 Å². The van der Waals surface area contributed by atoms with E-state index in [-0.39, 0.29) is 71.0 Å². The van der Waals surface area contributed by atoms with Gasteiger partial charge in [-0.05, 0) is 135 Å². The topological polar surface area (TPSA) is 366 Å². The lowest BCUT2D eigenvalue weighted by atomic mass is 10.0. The lowest BCUT2D eigenvalue weighted by Gasteiger charge is -2.25. The molecule has 23 nitrogen and oxygen atoms in total. The molecule has 0 aromatic heterocycles. The van der Waals surface area contributed by atoms with Crippen molar-refractivity contribution in [3.05, 3.63) is 35.7 Å². The van der Waals surface area contributed by atoms with Crippen LogP contribution in [0.25, 0.3) is 0 Å². The molecule has 1 aliphatic rings. The van der Waals surface area contributed by atoms with Crippen LogP contribution >= 0.6 is 0 Å². The van der Waals surface area contributed by atoms with Gasteiger partial charge in [-0.15, -0.1) is 5.48 Å². The first-order valence-corrected chi connectivity index (χ1v) is 39.1. The molecule has 2 rings (SSSR count). The number of sulfonamides is 1.